The van der Waals surface area contributed by atoms with Gasteiger partial charge in [-0.3, -0.25) is 19.5 Å². The van der Waals surface area contributed by atoms with E-state index in [0.29, 0.717) is 46.7 Å². The number of halogens is 2. The van der Waals surface area contributed by atoms with Gasteiger partial charge in [0.05, 0.1) is 48.2 Å². The molecule has 1 atom stereocenters. The van der Waals surface area contributed by atoms with E-state index in [-0.39, 0.29) is 23.3 Å². The number of ketones is 1. The Morgan fingerprint density at radius 3 is 2.40 bits per heavy atom. The Balaban J connectivity index is 1.16. The van der Waals surface area contributed by atoms with Gasteiger partial charge < -0.3 is 20.1 Å². The monoisotopic (exact) mass is 685 g/mol. The minimum Gasteiger partial charge on any atom is -0.496 e. The molecule has 3 aliphatic rings. The van der Waals surface area contributed by atoms with E-state index in [1.807, 2.05) is 42.5 Å². The molecule has 1 aliphatic carbocycles. The molecular formula is C37H37Cl2N5O4. The summed E-state index contributed by atoms with van der Waals surface area (Å²) in [6.45, 7) is 4.07. The number of fused-ring (bicyclic) bond motifs is 1. The minimum atomic E-state index is -0.103. The highest BCUT2D eigenvalue weighted by molar-refractivity contribution is 6.39. The summed E-state index contributed by atoms with van der Waals surface area (Å²) in [6, 6.07) is 16.0. The Hall–Kier alpha value is -4.02. The van der Waals surface area contributed by atoms with Crippen LogP contribution in [-0.4, -0.2) is 66.0 Å². The molecule has 1 amide bonds. The summed E-state index contributed by atoms with van der Waals surface area (Å²) >= 11 is 14.3. The number of hydrogen-bond acceptors (Lipinski definition) is 8. The molecule has 2 saturated heterocycles. The van der Waals surface area contributed by atoms with Crippen molar-refractivity contribution in [1.82, 2.24) is 25.5 Å². The standard InChI is InChI=1S/C37H37Cl2N5O4/c1-21(45)16-40-28-11-10-22-14-23(15-31(47-2)33(22)28)24-6-4-7-25(34(24)38)26-8-5-9-27(35(26)39)29-17-41-30(36(42-29)48-3)18-44-19-37(20-44)13-12-32(46)43-37/h4-9,14-15,17,28,40H,10-13,16,18-20H2,1-3H3,(H,43,46)/t28-/m0/s1. The van der Waals surface area contributed by atoms with Gasteiger partial charge in [0.15, 0.2) is 0 Å². The van der Waals surface area contributed by atoms with E-state index in [1.165, 1.54) is 5.56 Å². The third-order valence-corrected chi connectivity index (χ3v) is 10.5. The number of hydrogen-bond donors (Lipinski definition) is 2. The Kier molecular flexibility index (Phi) is 8.89. The second-order valence-electron chi connectivity index (χ2n) is 12.9. The predicted octanol–water partition coefficient (Wildman–Crippen LogP) is 6.43. The topological polar surface area (TPSA) is 106 Å². The quantitative estimate of drug-likeness (QED) is 0.197. The summed E-state index contributed by atoms with van der Waals surface area (Å²) < 4.78 is 11.5. The smallest absolute Gasteiger partial charge is 0.237 e. The van der Waals surface area contributed by atoms with Crippen molar-refractivity contribution in [2.45, 2.75) is 50.7 Å². The van der Waals surface area contributed by atoms with Gasteiger partial charge in [-0.2, -0.15) is 0 Å². The van der Waals surface area contributed by atoms with Crippen LogP contribution in [0.1, 0.15) is 49.0 Å². The van der Waals surface area contributed by atoms with Gasteiger partial charge in [-0.25, -0.2) is 4.98 Å². The van der Waals surface area contributed by atoms with Crippen LogP contribution in [0.25, 0.3) is 33.5 Å². The molecule has 248 valence electrons. The summed E-state index contributed by atoms with van der Waals surface area (Å²) in [6.07, 6.45) is 4.95. The summed E-state index contributed by atoms with van der Waals surface area (Å²) in [5.41, 5.74) is 7.61. The van der Waals surface area contributed by atoms with Crippen LogP contribution in [0.5, 0.6) is 11.6 Å². The van der Waals surface area contributed by atoms with E-state index in [9.17, 15) is 9.59 Å². The average Bonchev–Trinajstić information content (AvgIpc) is 3.67. The average molecular weight is 687 g/mol. The zero-order valence-corrected chi connectivity index (χ0v) is 28.7. The number of methoxy groups -OCH3 is 2. The van der Waals surface area contributed by atoms with Crippen molar-refractivity contribution in [2.24, 2.45) is 0 Å². The van der Waals surface area contributed by atoms with Gasteiger partial charge in [0.25, 0.3) is 0 Å². The van der Waals surface area contributed by atoms with Gasteiger partial charge in [0.2, 0.25) is 11.8 Å². The van der Waals surface area contributed by atoms with Gasteiger partial charge in [0.1, 0.15) is 17.2 Å². The molecule has 3 aromatic carbocycles. The zero-order chi connectivity index (χ0) is 33.6. The van der Waals surface area contributed by atoms with Crippen LogP contribution in [0.15, 0.2) is 54.7 Å². The molecule has 0 bridgehead atoms. The van der Waals surface area contributed by atoms with E-state index in [1.54, 1.807) is 27.3 Å². The first-order chi connectivity index (χ1) is 23.2. The number of nitrogens with zero attached hydrogens (tertiary/aromatic N) is 3. The molecule has 1 spiro atoms. The van der Waals surface area contributed by atoms with Crippen LogP contribution in [0, 0.1) is 0 Å². The van der Waals surface area contributed by atoms with E-state index >= 15 is 0 Å². The van der Waals surface area contributed by atoms with E-state index in [2.05, 4.69) is 21.6 Å². The van der Waals surface area contributed by atoms with Crippen molar-refractivity contribution in [1.29, 1.82) is 0 Å². The highest BCUT2D eigenvalue weighted by atomic mass is 35.5. The van der Waals surface area contributed by atoms with Crippen molar-refractivity contribution in [3.63, 3.8) is 0 Å². The highest BCUT2D eigenvalue weighted by Crippen LogP contribution is 2.46. The second-order valence-corrected chi connectivity index (χ2v) is 13.7. The zero-order valence-electron chi connectivity index (χ0n) is 27.2. The Morgan fingerprint density at radius 2 is 1.73 bits per heavy atom. The third-order valence-electron chi connectivity index (χ3n) is 9.64. The Labute approximate surface area is 290 Å². The molecule has 9 nitrogen and oxygen atoms in total. The van der Waals surface area contributed by atoms with Crippen molar-refractivity contribution in [3.8, 4) is 45.1 Å². The van der Waals surface area contributed by atoms with Crippen LogP contribution in [0.4, 0.5) is 0 Å². The number of aryl methyl sites for hydroxylation is 1. The number of nitrogens with one attached hydrogen (secondary N) is 2. The molecule has 4 aromatic rings. The number of carbonyl (C=O) groups is 2. The molecule has 2 N–H and O–H groups in total. The first kappa shape index (κ1) is 32.5. The Morgan fingerprint density at radius 1 is 1.02 bits per heavy atom. The van der Waals surface area contributed by atoms with Gasteiger partial charge >= 0.3 is 0 Å². The lowest BCUT2D eigenvalue weighted by Gasteiger charge is -2.47. The molecule has 48 heavy (non-hydrogen) atoms. The molecule has 0 radical (unpaired) electrons. The van der Waals surface area contributed by atoms with Crippen LogP contribution in [-0.2, 0) is 22.6 Å². The lowest BCUT2D eigenvalue weighted by Crippen LogP contribution is -2.66. The lowest BCUT2D eigenvalue weighted by molar-refractivity contribution is -0.121. The third kappa shape index (κ3) is 6.05. The number of likely N-dealkylation sites (tertiary alicyclic amines) is 1. The van der Waals surface area contributed by atoms with Crippen LogP contribution in [0.3, 0.4) is 0 Å². The van der Waals surface area contributed by atoms with Crippen molar-refractivity contribution >= 4 is 34.9 Å². The fourth-order valence-corrected chi connectivity index (χ4v) is 8.03. The van der Waals surface area contributed by atoms with E-state index in [4.69, 9.17) is 42.6 Å². The summed E-state index contributed by atoms with van der Waals surface area (Å²) in [4.78, 5) is 35.1. The fraction of sp³-hybridized carbons (Fsp3) is 0.351. The minimum absolute atomic E-state index is 0.0658. The molecule has 3 heterocycles. The molecule has 2 aliphatic heterocycles. The number of carbonyl (C=O) groups excluding carboxylic acids is 2. The maximum Gasteiger partial charge on any atom is 0.237 e. The van der Waals surface area contributed by atoms with Gasteiger partial charge in [-0.05, 0) is 43.4 Å². The van der Waals surface area contributed by atoms with Crippen LogP contribution in [0.2, 0.25) is 10.0 Å². The molecular weight excluding hydrogens is 649 g/mol. The number of aromatic nitrogens is 2. The van der Waals surface area contributed by atoms with Crippen LogP contribution >= 0.6 is 23.2 Å². The number of ether oxygens (including phenoxy) is 2. The van der Waals surface area contributed by atoms with Crippen molar-refractivity contribution in [3.05, 3.63) is 81.6 Å². The van der Waals surface area contributed by atoms with Crippen molar-refractivity contribution < 1.29 is 19.1 Å². The molecule has 2 fully saturated rings. The Bertz CT molecular complexity index is 1930. The summed E-state index contributed by atoms with van der Waals surface area (Å²) in [7, 11) is 3.26. The normalized spacial score (nSPS) is 18.0. The SMILES string of the molecule is COc1cc(-c2cccc(-c3cccc(-c4cnc(CN5CC6(CCC(=O)N6)C5)c(OC)n4)c3Cl)c2Cl)cc2c1[C@@H](NCC(C)=O)CC2. The number of Topliss-reactive ketones (excluding diaryl/α,β-unsaturated/α-hetero) is 1. The first-order valence-corrected chi connectivity index (χ1v) is 16.9. The van der Waals surface area contributed by atoms with E-state index < -0.39 is 0 Å². The molecule has 0 saturated carbocycles. The van der Waals surface area contributed by atoms with Gasteiger partial charge in [0, 0.05) is 59.9 Å². The number of benzene rings is 3. The molecule has 0 unspecified atom stereocenters. The second kappa shape index (κ2) is 13.1. The summed E-state index contributed by atoms with van der Waals surface area (Å²) in [5, 5.41) is 7.57. The molecule has 1 aromatic heterocycles. The number of rotatable bonds is 10. The largest absolute Gasteiger partial charge is 0.496 e. The van der Waals surface area contributed by atoms with Gasteiger partial charge in [-0.1, -0.05) is 65.7 Å². The van der Waals surface area contributed by atoms with Gasteiger partial charge in [-0.15, -0.1) is 0 Å². The first-order valence-electron chi connectivity index (χ1n) is 16.1. The lowest BCUT2D eigenvalue weighted by atomic mass is 9.88. The number of amides is 1. The predicted molar refractivity (Wildman–Crippen MR) is 187 cm³/mol. The molecule has 7 rings (SSSR count). The maximum absolute atomic E-state index is 11.7. The summed E-state index contributed by atoms with van der Waals surface area (Å²) in [5.74, 6) is 1.44. The van der Waals surface area contributed by atoms with Crippen LogP contribution < -0.4 is 20.1 Å². The maximum atomic E-state index is 11.7. The van der Waals surface area contributed by atoms with E-state index in [0.717, 1.165) is 71.6 Å². The van der Waals surface area contributed by atoms with Crippen molar-refractivity contribution in [2.75, 3.05) is 33.9 Å². The fourth-order valence-electron chi connectivity index (χ4n) is 7.37. The highest BCUT2D eigenvalue weighted by Gasteiger charge is 2.47. The molecule has 11 heteroatoms.